The van der Waals surface area contributed by atoms with Gasteiger partial charge in [-0.05, 0) is 38.5 Å². The molecule has 0 aliphatic carbocycles. The van der Waals surface area contributed by atoms with Gasteiger partial charge in [-0.15, -0.1) is 0 Å². The Morgan fingerprint density at radius 2 is 1.78 bits per heavy atom. The molecule has 0 atom stereocenters. The van der Waals surface area contributed by atoms with E-state index >= 15 is 0 Å². The van der Waals surface area contributed by atoms with Crippen LogP contribution in [0.2, 0.25) is 0 Å². The van der Waals surface area contributed by atoms with Crippen LogP contribution in [0.5, 0.6) is 0 Å². The zero-order valence-corrected chi connectivity index (χ0v) is 15.4. The normalized spacial score (nSPS) is 10.8. The standard InChI is InChI=1S/C19H20N2O6/c1-19(2,3)27-18(23)20-15-8-6-5-7-13(15)12-9-10-14(17(22)26-4)16(11-12)21(24)25/h5-11H,1-4H3,(H,20,23). The van der Waals surface area contributed by atoms with Gasteiger partial charge in [-0.25, -0.2) is 9.59 Å². The number of rotatable bonds is 4. The fourth-order valence-corrected chi connectivity index (χ4v) is 2.39. The maximum Gasteiger partial charge on any atom is 0.412 e. The molecule has 0 radical (unpaired) electrons. The number of nitrogens with one attached hydrogen (secondary N) is 1. The van der Waals surface area contributed by atoms with Crippen molar-refractivity contribution in [2.24, 2.45) is 0 Å². The molecular weight excluding hydrogens is 352 g/mol. The van der Waals surface area contributed by atoms with E-state index in [9.17, 15) is 19.7 Å². The molecule has 0 saturated carbocycles. The summed E-state index contributed by atoms with van der Waals surface area (Å²) in [6.07, 6.45) is -0.643. The smallest absolute Gasteiger partial charge is 0.412 e. The van der Waals surface area contributed by atoms with Crippen molar-refractivity contribution in [3.63, 3.8) is 0 Å². The lowest BCUT2D eigenvalue weighted by Crippen LogP contribution is -2.27. The molecule has 0 saturated heterocycles. The van der Waals surface area contributed by atoms with Crippen LogP contribution in [-0.2, 0) is 9.47 Å². The summed E-state index contributed by atoms with van der Waals surface area (Å²) in [4.78, 5) is 34.5. The number of para-hydroxylation sites is 1. The predicted octanol–water partition coefficient (Wildman–Crippen LogP) is 4.40. The SMILES string of the molecule is COC(=O)c1ccc(-c2ccccc2NC(=O)OC(C)(C)C)cc1[N+](=O)[O-]. The van der Waals surface area contributed by atoms with Gasteiger partial charge in [0.2, 0.25) is 0 Å². The van der Waals surface area contributed by atoms with Gasteiger partial charge in [-0.1, -0.05) is 24.3 Å². The van der Waals surface area contributed by atoms with Crippen LogP contribution in [0, 0.1) is 10.1 Å². The minimum absolute atomic E-state index is 0.149. The third kappa shape index (κ3) is 5.04. The van der Waals surface area contributed by atoms with E-state index in [1.54, 1.807) is 51.1 Å². The van der Waals surface area contributed by atoms with Crippen LogP contribution in [0.4, 0.5) is 16.2 Å². The molecule has 0 aliphatic heterocycles. The molecule has 0 spiro atoms. The van der Waals surface area contributed by atoms with E-state index in [2.05, 4.69) is 10.1 Å². The van der Waals surface area contributed by atoms with Crippen LogP contribution < -0.4 is 5.32 Å². The minimum Gasteiger partial charge on any atom is -0.465 e. The summed E-state index contributed by atoms with van der Waals surface area (Å²) in [6, 6.07) is 10.9. The number of nitro groups is 1. The number of nitrogens with zero attached hydrogens (tertiary/aromatic N) is 1. The third-order valence-corrected chi connectivity index (χ3v) is 3.47. The number of esters is 1. The molecule has 2 rings (SSSR count). The molecule has 27 heavy (non-hydrogen) atoms. The molecule has 0 unspecified atom stereocenters. The highest BCUT2D eigenvalue weighted by Crippen LogP contribution is 2.32. The summed E-state index contributed by atoms with van der Waals surface area (Å²) in [5.41, 5.74) is 0.228. The Morgan fingerprint density at radius 3 is 2.37 bits per heavy atom. The van der Waals surface area contributed by atoms with E-state index in [4.69, 9.17) is 4.74 Å². The van der Waals surface area contributed by atoms with Crippen molar-refractivity contribution in [3.8, 4) is 11.1 Å². The molecule has 8 heteroatoms. The Hall–Kier alpha value is -3.42. The Balaban J connectivity index is 2.44. The highest BCUT2D eigenvalue weighted by molar-refractivity contribution is 5.96. The first-order valence-corrected chi connectivity index (χ1v) is 8.08. The van der Waals surface area contributed by atoms with Gasteiger partial charge in [-0.2, -0.15) is 0 Å². The lowest BCUT2D eigenvalue weighted by Gasteiger charge is -2.20. The molecule has 1 N–H and O–H groups in total. The summed E-state index contributed by atoms with van der Waals surface area (Å²) in [5, 5.41) is 14.0. The molecule has 0 heterocycles. The van der Waals surface area contributed by atoms with Crippen molar-refractivity contribution in [3.05, 3.63) is 58.1 Å². The molecule has 0 aliphatic rings. The Morgan fingerprint density at radius 1 is 1.11 bits per heavy atom. The second-order valence-corrected chi connectivity index (χ2v) is 6.65. The van der Waals surface area contributed by atoms with Gasteiger partial charge in [0.05, 0.1) is 17.7 Å². The number of hydrogen-bond donors (Lipinski definition) is 1. The van der Waals surface area contributed by atoms with Crippen LogP contribution in [0.1, 0.15) is 31.1 Å². The first kappa shape index (κ1) is 19.9. The third-order valence-electron chi connectivity index (χ3n) is 3.47. The summed E-state index contributed by atoms with van der Waals surface area (Å²) < 4.78 is 9.82. The number of carbonyl (C=O) groups is 2. The van der Waals surface area contributed by atoms with Gasteiger partial charge in [-0.3, -0.25) is 15.4 Å². The summed E-state index contributed by atoms with van der Waals surface area (Å²) in [6.45, 7) is 5.23. The van der Waals surface area contributed by atoms with Gasteiger partial charge >= 0.3 is 12.1 Å². The fourth-order valence-electron chi connectivity index (χ4n) is 2.39. The maximum absolute atomic E-state index is 12.1. The lowest BCUT2D eigenvalue weighted by atomic mass is 10.0. The van der Waals surface area contributed by atoms with Gasteiger partial charge in [0.25, 0.3) is 5.69 Å². The van der Waals surface area contributed by atoms with E-state index in [1.165, 1.54) is 12.1 Å². The number of nitro benzene ring substituents is 1. The molecule has 2 aromatic rings. The van der Waals surface area contributed by atoms with Gasteiger partial charge in [0.15, 0.2) is 0 Å². The van der Waals surface area contributed by atoms with Crippen LogP contribution in [0.25, 0.3) is 11.1 Å². The molecule has 8 nitrogen and oxygen atoms in total. The van der Waals surface area contributed by atoms with E-state index < -0.39 is 22.6 Å². The van der Waals surface area contributed by atoms with E-state index in [1.807, 2.05) is 0 Å². The zero-order chi connectivity index (χ0) is 20.2. The lowest BCUT2D eigenvalue weighted by molar-refractivity contribution is -0.385. The maximum atomic E-state index is 12.1. The van der Waals surface area contributed by atoms with Gasteiger partial charge in [0, 0.05) is 11.6 Å². The van der Waals surface area contributed by atoms with Gasteiger partial charge < -0.3 is 9.47 Å². The average molecular weight is 372 g/mol. The van der Waals surface area contributed by atoms with Crippen molar-refractivity contribution >= 4 is 23.4 Å². The van der Waals surface area contributed by atoms with Crippen molar-refractivity contribution in [1.82, 2.24) is 0 Å². The van der Waals surface area contributed by atoms with Crippen molar-refractivity contribution in [2.45, 2.75) is 26.4 Å². The first-order valence-electron chi connectivity index (χ1n) is 8.08. The zero-order valence-electron chi connectivity index (χ0n) is 15.4. The summed E-state index contributed by atoms with van der Waals surface area (Å²) in [5.74, 6) is -0.798. The van der Waals surface area contributed by atoms with Crippen LogP contribution in [0.3, 0.4) is 0 Å². The second kappa shape index (κ2) is 7.86. The second-order valence-electron chi connectivity index (χ2n) is 6.65. The Labute approximate surface area is 156 Å². The summed E-state index contributed by atoms with van der Waals surface area (Å²) in [7, 11) is 1.15. The first-order chi connectivity index (χ1) is 12.6. The number of ether oxygens (including phenoxy) is 2. The quantitative estimate of drug-likeness (QED) is 0.484. The highest BCUT2D eigenvalue weighted by Gasteiger charge is 2.23. The number of hydrogen-bond acceptors (Lipinski definition) is 6. The fraction of sp³-hybridized carbons (Fsp3) is 0.263. The number of anilines is 1. The average Bonchev–Trinajstić information content (AvgIpc) is 2.59. The highest BCUT2D eigenvalue weighted by atomic mass is 16.6. The van der Waals surface area contributed by atoms with E-state index in [0.717, 1.165) is 7.11 Å². The summed E-state index contributed by atoms with van der Waals surface area (Å²) >= 11 is 0. The van der Waals surface area contributed by atoms with Crippen molar-refractivity contribution < 1.29 is 24.0 Å². The molecule has 0 bridgehead atoms. The number of benzene rings is 2. The van der Waals surface area contributed by atoms with Crippen molar-refractivity contribution in [2.75, 3.05) is 12.4 Å². The monoisotopic (exact) mass is 372 g/mol. The molecule has 0 aromatic heterocycles. The Kier molecular flexibility index (Phi) is 5.79. The molecule has 2 aromatic carbocycles. The topological polar surface area (TPSA) is 108 Å². The largest absolute Gasteiger partial charge is 0.465 e. The minimum atomic E-state index is -0.798. The van der Waals surface area contributed by atoms with Gasteiger partial charge in [0.1, 0.15) is 11.2 Å². The van der Waals surface area contributed by atoms with Crippen LogP contribution in [0.15, 0.2) is 42.5 Å². The Bertz CT molecular complexity index is 886. The molecule has 142 valence electrons. The molecular formula is C19H20N2O6. The van der Waals surface area contributed by atoms with Crippen LogP contribution in [-0.4, -0.2) is 29.7 Å². The molecule has 1 amide bonds. The van der Waals surface area contributed by atoms with Crippen LogP contribution >= 0.6 is 0 Å². The van der Waals surface area contributed by atoms with E-state index in [0.29, 0.717) is 16.8 Å². The predicted molar refractivity (Wildman–Crippen MR) is 99.7 cm³/mol. The van der Waals surface area contributed by atoms with Crippen molar-refractivity contribution in [1.29, 1.82) is 0 Å². The number of carbonyl (C=O) groups excluding carboxylic acids is 2. The number of methoxy groups -OCH3 is 1. The number of amides is 1. The molecule has 0 fully saturated rings. The van der Waals surface area contributed by atoms with E-state index in [-0.39, 0.29) is 11.3 Å².